The van der Waals surface area contributed by atoms with Crippen molar-refractivity contribution in [1.29, 1.82) is 0 Å². The largest absolute Gasteiger partial charge is 0.480 e. The molecule has 6 nitrogen and oxygen atoms in total. The van der Waals surface area contributed by atoms with Crippen molar-refractivity contribution in [2.45, 2.75) is 18.9 Å². The molecule has 1 unspecified atom stereocenters. The van der Waals surface area contributed by atoms with Crippen molar-refractivity contribution in [1.82, 2.24) is 9.97 Å². The molecule has 0 spiro atoms. The third-order valence-electron chi connectivity index (χ3n) is 2.32. The zero-order valence-corrected chi connectivity index (χ0v) is 10.8. The number of hydrogen-bond donors (Lipinski definition) is 1. The van der Waals surface area contributed by atoms with Crippen LogP contribution in [0.15, 0.2) is 6.20 Å². The maximum atomic E-state index is 11.9. The highest BCUT2D eigenvalue weighted by Crippen LogP contribution is 2.23. The number of nitrogens with two attached hydrogens (primary N) is 1. The highest BCUT2D eigenvalue weighted by atomic mass is 19.3. The van der Waals surface area contributed by atoms with Crippen molar-refractivity contribution in [2.24, 2.45) is 5.73 Å². The summed E-state index contributed by atoms with van der Waals surface area (Å²) in [7, 11) is 2.90. The van der Waals surface area contributed by atoms with Crippen molar-refractivity contribution in [3.05, 3.63) is 11.9 Å². The van der Waals surface area contributed by atoms with Crippen LogP contribution in [-0.4, -0.2) is 43.8 Å². The molecule has 0 saturated heterocycles. The molecule has 108 valence electrons. The van der Waals surface area contributed by atoms with Crippen molar-refractivity contribution in [2.75, 3.05) is 27.4 Å². The van der Waals surface area contributed by atoms with Crippen LogP contribution in [0.1, 0.15) is 18.2 Å². The van der Waals surface area contributed by atoms with Crippen LogP contribution in [0.2, 0.25) is 0 Å². The Morgan fingerprint density at radius 2 is 2.05 bits per heavy atom. The summed E-state index contributed by atoms with van der Waals surface area (Å²) in [5, 5.41) is 0. The third-order valence-corrected chi connectivity index (χ3v) is 2.32. The lowest BCUT2D eigenvalue weighted by molar-refractivity contribution is 0.0151. The quantitative estimate of drug-likeness (QED) is 0.718. The van der Waals surface area contributed by atoms with E-state index in [1.54, 1.807) is 0 Å². The molecule has 1 aromatic rings. The molecule has 1 aromatic heterocycles. The normalized spacial score (nSPS) is 12.5. The van der Waals surface area contributed by atoms with E-state index < -0.39 is 19.1 Å². The Labute approximate surface area is 109 Å². The smallest absolute Gasteiger partial charge is 0.261 e. The zero-order chi connectivity index (χ0) is 14.3. The molecule has 0 saturated carbocycles. The van der Waals surface area contributed by atoms with Crippen LogP contribution in [0.25, 0.3) is 0 Å². The second-order valence-corrected chi connectivity index (χ2v) is 3.67. The summed E-state index contributed by atoms with van der Waals surface area (Å²) in [5.74, 6) is 0.558. The van der Waals surface area contributed by atoms with Gasteiger partial charge in [0.05, 0.1) is 26.5 Å². The molecule has 0 aliphatic rings. The highest BCUT2D eigenvalue weighted by molar-refractivity contribution is 5.25. The van der Waals surface area contributed by atoms with Gasteiger partial charge in [-0.3, -0.25) is 0 Å². The minimum atomic E-state index is -2.48. The van der Waals surface area contributed by atoms with Gasteiger partial charge in [-0.15, -0.1) is 0 Å². The Morgan fingerprint density at radius 1 is 1.32 bits per heavy atom. The van der Waals surface area contributed by atoms with E-state index in [0.29, 0.717) is 18.0 Å². The van der Waals surface area contributed by atoms with Gasteiger partial charge in [0.2, 0.25) is 11.8 Å². The Kier molecular flexibility index (Phi) is 6.37. The molecule has 2 N–H and O–H groups in total. The molecule has 19 heavy (non-hydrogen) atoms. The van der Waals surface area contributed by atoms with Gasteiger partial charge < -0.3 is 19.9 Å². The number of aromatic nitrogens is 2. The molecule has 0 aromatic carbocycles. The van der Waals surface area contributed by atoms with E-state index >= 15 is 0 Å². The summed E-state index contributed by atoms with van der Waals surface area (Å²) < 4.78 is 38.5. The molecule has 1 heterocycles. The van der Waals surface area contributed by atoms with Crippen LogP contribution in [-0.2, 0) is 4.74 Å². The highest BCUT2D eigenvalue weighted by Gasteiger charge is 2.16. The molecular formula is C11H17F2N3O3. The lowest BCUT2D eigenvalue weighted by Gasteiger charge is -2.14. The van der Waals surface area contributed by atoms with Crippen LogP contribution in [0, 0.1) is 0 Å². The fourth-order valence-corrected chi connectivity index (χ4v) is 1.39. The van der Waals surface area contributed by atoms with Crippen LogP contribution >= 0.6 is 0 Å². The fraction of sp³-hybridized carbons (Fsp3) is 0.636. The summed E-state index contributed by atoms with van der Waals surface area (Å²) >= 11 is 0. The van der Waals surface area contributed by atoms with E-state index in [4.69, 9.17) is 19.9 Å². The molecule has 0 aliphatic heterocycles. The lowest BCUT2D eigenvalue weighted by Crippen LogP contribution is -2.17. The fourth-order valence-electron chi connectivity index (χ4n) is 1.39. The van der Waals surface area contributed by atoms with Gasteiger partial charge >= 0.3 is 0 Å². The van der Waals surface area contributed by atoms with E-state index in [-0.39, 0.29) is 12.5 Å². The number of alkyl halides is 2. The van der Waals surface area contributed by atoms with E-state index in [1.165, 1.54) is 20.4 Å². The van der Waals surface area contributed by atoms with Crippen LogP contribution < -0.4 is 15.2 Å². The first-order valence-electron chi connectivity index (χ1n) is 5.64. The summed E-state index contributed by atoms with van der Waals surface area (Å²) in [6.45, 7) is -0.486. The van der Waals surface area contributed by atoms with Crippen molar-refractivity contribution >= 4 is 0 Å². The van der Waals surface area contributed by atoms with Gasteiger partial charge in [-0.25, -0.2) is 13.8 Å². The maximum Gasteiger partial charge on any atom is 0.261 e. The van der Waals surface area contributed by atoms with Crippen LogP contribution in [0.3, 0.4) is 0 Å². The third kappa shape index (κ3) is 4.92. The van der Waals surface area contributed by atoms with Crippen LogP contribution in [0.5, 0.6) is 11.8 Å². The molecule has 1 atom stereocenters. The molecular weight excluding hydrogens is 260 g/mol. The molecule has 0 radical (unpaired) electrons. The summed E-state index contributed by atoms with van der Waals surface area (Å²) in [4.78, 5) is 8.13. The van der Waals surface area contributed by atoms with E-state index in [2.05, 4.69) is 9.97 Å². The Hall–Kier alpha value is -1.54. The van der Waals surface area contributed by atoms with Crippen LogP contribution in [0.4, 0.5) is 8.78 Å². The first kappa shape index (κ1) is 15.5. The van der Waals surface area contributed by atoms with Gasteiger partial charge in [0.15, 0.2) is 0 Å². The zero-order valence-electron chi connectivity index (χ0n) is 10.8. The standard InChI is InChI=1S/C11H17F2N3O3/c1-17-9-5-15-10(11(16-9)18-2)7(14)3-4-19-6-8(12)13/h5,7-8H,3-4,6,14H2,1-2H3. The summed E-state index contributed by atoms with van der Waals surface area (Å²) in [6, 6.07) is -0.508. The first-order chi connectivity index (χ1) is 9.08. The molecule has 0 fully saturated rings. The molecule has 0 aliphatic carbocycles. The average molecular weight is 277 g/mol. The average Bonchev–Trinajstić information content (AvgIpc) is 2.42. The molecule has 0 amide bonds. The number of rotatable bonds is 8. The van der Waals surface area contributed by atoms with Crippen molar-refractivity contribution < 1.29 is 23.0 Å². The minimum Gasteiger partial charge on any atom is -0.480 e. The minimum absolute atomic E-state index is 0.113. The van der Waals surface area contributed by atoms with Gasteiger partial charge in [0, 0.05) is 6.61 Å². The molecule has 8 heteroatoms. The van der Waals surface area contributed by atoms with Gasteiger partial charge in [-0.05, 0) is 6.42 Å². The predicted octanol–water partition coefficient (Wildman–Crippen LogP) is 1.17. The van der Waals surface area contributed by atoms with Crippen molar-refractivity contribution in [3.63, 3.8) is 0 Å². The lowest BCUT2D eigenvalue weighted by atomic mass is 10.1. The summed E-state index contributed by atoms with van der Waals surface area (Å²) in [5.41, 5.74) is 6.32. The van der Waals surface area contributed by atoms with Gasteiger partial charge in [0.1, 0.15) is 12.3 Å². The van der Waals surface area contributed by atoms with Crippen molar-refractivity contribution in [3.8, 4) is 11.8 Å². The second-order valence-electron chi connectivity index (χ2n) is 3.67. The Morgan fingerprint density at radius 3 is 2.63 bits per heavy atom. The molecule has 1 rings (SSSR count). The number of hydrogen-bond acceptors (Lipinski definition) is 6. The van der Waals surface area contributed by atoms with E-state index in [9.17, 15) is 8.78 Å². The van der Waals surface area contributed by atoms with E-state index in [0.717, 1.165) is 0 Å². The molecule has 0 bridgehead atoms. The summed E-state index contributed by atoms with van der Waals surface area (Å²) in [6.07, 6.45) is -0.728. The van der Waals surface area contributed by atoms with Gasteiger partial charge in [-0.2, -0.15) is 4.98 Å². The first-order valence-corrected chi connectivity index (χ1v) is 5.64. The number of halogens is 2. The topological polar surface area (TPSA) is 79.5 Å². The van der Waals surface area contributed by atoms with Gasteiger partial charge in [-0.1, -0.05) is 0 Å². The van der Waals surface area contributed by atoms with Gasteiger partial charge in [0.25, 0.3) is 6.43 Å². The number of methoxy groups -OCH3 is 2. The SMILES string of the molecule is COc1cnc(C(N)CCOCC(F)F)c(OC)n1. The van der Waals surface area contributed by atoms with E-state index in [1.807, 2.05) is 0 Å². The number of ether oxygens (including phenoxy) is 3. The Balaban J connectivity index is 2.58. The number of nitrogens with zero attached hydrogens (tertiary/aromatic N) is 2. The monoisotopic (exact) mass is 277 g/mol. The maximum absolute atomic E-state index is 11.9. The Bertz CT molecular complexity index is 393. The second kappa shape index (κ2) is 7.80. The predicted molar refractivity (Wildman–Crippen MR) is 63.5 cm³/mol.